The maximum atomic E-state index is 12.1. The summed E-state index contributed by atoms with van der Waals surface area (Å²) >= 11 is 0. The third-order valence-electron chi connectivity index (χ3n) is 4.06. The monoisotopic (exact) mass is 356 g/mol. The molecule has 0 amide bonds. The van der Waals surface area contributed by atoms with E-state index in [1.165, 1.54) is 0 Å². The van der Waals surface area contributed by atoms with E-state index in [1.54, 1.807) is 25.1 Å². The molecule has 7 heteroatoms. The van der Waals surface area contributed by atoms with Gasteiger partial charge in [-0.3, -0.25) is 0 Å². The Kier molecular flexibility index (Phi) is 6.01. The predicted molar refractivity (Wildman–Crippen MR) is 99.9 cm³/mol. The molecule has 0 spiro atoms. The lowest BCUT2D eigenvalue weighted by atomic mass is 10.2. The Morgan fingerprint density at radius 1 is 1.35 bits per heavy atom. The second-order valence-electron chi connectivity index (χ2n) is 6.13. The van der Waals surface area contributed by atoms with Gasteiger partial charge in [-0.1, -0.05) is 12.1 Å². The summed E-state index contributed by atoms with van der Waals surface area (Å²) in [5, 5.41) is 6.43. The molecule has 26 heavy (non-hydrogen) atoms. The quantitative estimate of drug-likeness (QED) is 0.736. The Hall–Kier alpha value is -2.67. The fourth-order valence-electron chi connectivity index (χ4n) is 2.84. The Morgan fingerprint density at radius 3 is 2.96 bits per heavy atom. The van der Waals surface area contributed by atoms with Crippen molar-refractivity contribution in [3.63, 3.8) is 0 Å². The maximum absolute atomic E-state index is 12.1. The van der Waals surface area contributed by atoms with Crippen LogP contribution in [0.25, 0.3) is 0 Å². The summed E-state index contributed by atoms with van der Waals surface area (Å²) < 4.78 is 10.7. The molecule has 0 bridgehead atoms. The molecule has 3 rings (SSSR count). The first-order chi connectivity index (χ1) is 12.7. The van der Waals surface area contributed by atoms with Crippen LogP contribution in [0.2, 0.25) is 0 Å². The highest BCUT2D eigenvalue weighted by atomic mass is 16.5. The number of rotatable bonds is 7. The second-order valence-corrected chi connectivity index (χ2v) is 6.13. The number of anilines is 3. The van der Waals surface area contributed by atoms with Gasteiger partial charge in [-0.25, -0.2) is 9.78 Å². The molecule has 0 saturated carbocycles. The molecule has 0 aliphatic carbocycles. The summed E-state index contributed by atoms with van der Waals surface area (Å²) in [6, 6.07) is 9.04. The summed E-state index contributed by atoms with van der Waals surface area (Å²) in [7, 11) is 0. The number of aryl methyl sites for hydroxylation is 1. The van der Waals surface area contributed by atoms with Crippen LogP contribution in [-0.2, 0) is 9.47 Å². The van der Waals surface area contributed by atoms with Gasteiger partial charge in [0.25, 0.3) is 0 Å². The Labute approximate surface area is 153 Å². The number of nitrogens with zero attached hydrogens (tertiary/aromatic N) is 2. The van der Waals surface area contributed by atoms with Crippen molar-refractivity contribution in [2.75, 3.05) is 30.4 Å². The van der Waals surface area contributed by atoms with E-state index < -0.39 is 0 Å². The maximum Gasteiger partial charge on any atom is 0.340 e. The molecule has 2 N–H and O–H groups in total. The highest BCUT2D eigenvalue weighted by Crippen LogP contribution is 2.21. The van der Waals surface area contributed by atoms with E-state index in [0.717, 1.165) is 37.5 Å². The van der Waals surface area contributed by atoms with Gasteiger partial charge in [-0.05, 0) is 38.8 Å². The summed E-state index contributed by atoms with van der Waals surface area (Å²) in [4.78, 5) is 21.0. The van der Waals surface area contributed by atoms with Crippen molar-refractivity contribution in [2.24, 2.45) is 0 Å². The van der Waals surface area contributed by atoms with E-state index in [2.05, 4.69) is 20.6 Å². The third kappa shape index (κ3) is 4.70. The van der Waals surface area contributed by atoms with Gasteiger partial charge in [0.05, 0.1) is 24.0 Å². The van der Waals surface area contributed by atoms with E-state index in [-0.39, 0.29) is 12.1 Å². The van der Waals surface area contributed by atoms with Crippen molar-refractivity contribution in [1.82, 2.24) is 9.97 Å². The van der Waals surface area contributed by atoms with Crippen molar-refractivity contribution >= 4 is 23.4 Å². The molecule has 2 heterocycles. The lowest BCUT2D eigenvalue weighted by Gasteiger charge is -2.14. The number of benzene rings is 1. The zero-order chi connectivity index (χ0) is 18.4. The molecular weight excluding hydrogens is 332 g/mol. The van der Waals surface area contributed by atoms with Gasteiger partial charge >= 0.3 is 5.97 Å². The molecule has 1 aromatic heterocycles. The fraction of sp³-hybridized carbons (Fsp3) is 0.421. The smallest absolute Gasteiger partial charge is 0.340 e. The summed E-state index contributed by atoms with van der Waals surface area (Å²) in [6.07, 6.45) is 2.40. The van der Waals surface area contributed by atoms with Crippen molar-refractivity contribution in [1.29, 1.82) is 0 Å². The normalized spacial score (nSPS) is 16.3. The van der Waals surface area contributed by atoms with Gasteiger partial charge in [0.2, 0.25) is 5.95 Å². The zero-order valence-electron chi connectivity index (χ0n) is 15.1. The fourth-order valence-corrected chi connectivity index (χ4v) is 2.84. The number of para-hydroxylation sites is 1. The van der Waals surface area contributed by atoms with Crippen LogP contribution in [0.5, 0.6) is 0 Å². The Morgan fingerprint density at radius 2 is 2.19 bits per heavy atom. The minimum Gasteiger partial charge on any atom is -0.462 e. The SMILES string of the molecule is CCOC(=O)c1ccccc1Nc1nc(C)cc(NCC2CCCO2)n1. The van der Waals surface area contributed by atoms with Gasteiger partial charge in [0.1, 0.15) is 5.82 Å². The highest BCUT2D eigenvalue weighted by Gasteiger charge is 2.16. The topological polar surface area (TPSA) is 85.4 Å². The van der Waals surface area contributed by atoms with Crippen LogP contribution in [0.1, 0.15) is 35.8 Å². The van der Waals surface area contributed by atoms with Crippen LogP contribution in [0.15, 0.2) is 30.3 Å². The lowest BCUT2D eigenvalue weighted by Crippen LogP contribution is -2.19. The summed E-state index contributed by atoms with van der Waals surface area (Å²) in [5.74, 6) is 0.778. The van der Waals surface area contributed by atoms with E-state index >= 15 is 0 Å². The average Bonchev–Trinajstić information content (AvgIpc) is 3.14. The number of carbonyl (C=O) groups excluding carboxylic acids is 1. The molecule has 2 aromatic rings. The van der Waals surface area contributed by atoms with Crippen LogP contribution >= 0.6 is 0 Å². The molecule has 1 aromatic carbocycles. The highest BCUT2D eigenvalue weighted by molar-refractivity contribution is 5.96. The number of hydrogen-bond acceptors (Lipinski definition) is 7. The molecule has 1 unspecified atom stereocenters. The van der Waals surface area contributed by atoms with E-state index in [0.29, 0.717) is 23.8 Å². The van der Waals surface area contributed by atoms with Gasteiger partial charge in [0, 0.05) is 24.9 Å². The van der Waals surface area contributed by atoms with Crippen molar-refractivity contribution in [3.05, 3.63) is 41.6 Å². The largest absolute Gasteiger partial charge is 0.462 e. The molecule has 1 atom stereocenters. The van der Waals surface area contributed by atoms with Crippen molar-refractivity contribution in [3.8, 4) is 0 Å². The van der Waals surface area contributed by atoms with Gasteiger partial charge in [-0.15, -0.1) is 0 Å². The van der Waals surface area contributed by atoms with Crippen LogP contribution in [-0.4, -0.2) is 41.8 Å². The first kappa shape index (κ1) is 18.1. The number of ether oxygens (including phenoxy) is 2. The van der Waals surface area contributed by atoms with Gasteiger partial charge in [-0.2, -0.15) is 4.98 Å². The molecule has 1 aliphatic heterocycles. The number of esters is 1. The van der Waals surface area contributed by atoms with Crippen LogP contribution in [0.3, 0.4) is 0 Å². The van der Waals surface area contributed by atoms with Gasteiger partial charge < -0.3 is 20.1 Å². The summed E-state index contributed by atoms with van der Waals surface area (Å²) in [5.41, 5.74) is 1.89. The number of hydrogen-bond donors (Lipinski definition) is 2. The Bertz CT molecular complexity index is 760. The molecular formula is C19H24N4O3. The molecule has 1 aliphatic rings. The third-order valence-corrected chi connectivity index (χ3v) is 4.06. The molecule has 1 fully saturated rings. The summed E-state index contributed by atoms with van der Waals surface area (Å²) in [6.45, 7) is 5.55. The molecule has 1 saturated heterocycles. The van der Waals surface area contributed by atoms with Crippen LogP contribution in [0, 0.1) is 6.92 Å². The Balaban J connectivity index is 1.74. The van der Waals surface area contributed by atoms with E-state index in [4.69, 9.17) is 9.47 Å². The van der Waals surface area contributed by atoms with Crippen molar-refractivity contribution < 1.29 is 14.3 Å². The zero-order valence-corrected chi connectivity index (χ0v) is 15.1. The molecule has 0 radical (unpaired) electrons. The first-order valence-corrected chi connectivity index (χ1v) is 8.90. The molecule has 7 nitrogen and oxygen atoms in total. The number of aromatic nitrogens is 2. The minimum absolute atomic E-state index is 0.228. The standard InChI is InChI=1S/C19H24N4O3/c1-3-25-18(24)15-8-4-5-9-16(15)22-19-21-13(2)11-17(23-19)20-12-14-7-6-10-26-14/h4-5,8-9,11,14H,3,6-7,10,12H2,1-2H3,(H2,20,21,22,23). The predicted octanol–water partition coefficient (Wildman–Crippen LogP) is 3.30. The van der Waals surface area contributed by atoms with Crippen LogP contribution in [0.4, 0.5) is 17.5 Å². The van der Waals surface area contributed by atoms with Gasteiger partial charge in [0.15, 0.2) is 0 Å². The van der Waals surface area contributed by atoms with E-state index in [9.17, 15) is 4.79 Å². The number of nitrogens with one attached hydrogen (secondary N) is 2. The van der Waals surface area contributed by atoms with E-state index in [1.807, 2.05) is 19.1 Å². The second kappa shape index (κ2) is 8.62. The lowest BCUT2D eigenvalue weighted by molar-refractivity contribution is 0.0527. The number of carbonyl (C=O) groups is 1. The minimum atomic E-state index is -0.375. The first-order valence-electron chi connectivity index (χ1n) is 8.90. The molecule has 138 valence electrons. The van der Waals surface area contributed by atoms with Crippen molar-refractivity contribution in [2.45, 2.75) is 32.8 Å². The van der Waals surface area contributed by atoms with Crippen LogP contribution < -0.4 is 10.6 Å². The average molecular weight is 356 g/mol.